The zero-order valence-electron chi connectivity index (χ0n) is 19.0. The van der Waals surface area contributed by atoms with Crippen molar-refractivity contribution in [3.05, 3.63) is 71.0 Å². The van der Waals surface area contributed by atoms with Crippen LogP contribution >= 0.6 is 11.8 Å². The lowest BCUT2D eigenvalue weighted by Crippen LogP contribution is -2.51. The van der Waals surface area contributed by atoms with Gasteiger partial charge in [0.15, 0.2) is 0 Å². The Morgan fingerprint density at radius 1 is 1.12 bits per heavy atom. The normalized spacial score (nSPS) is 15.2. The third-order valence-electron chi connectivity index (χ3n) is 5.99. The Balaban J connectivity index is 1.66. The van der Waals surface area contributed by atoms with Gasteiger partial charge in [0.25, 0.3) is 0 Å². The average molecular weight is 457 g/mol. The minimum atomic E-state index is -0.663. The Hall–Kier alpha value is -2.34. The van der Waals surface area contributed by atoms with Gasteiger partial charge >= 0.3 is 0 Å². The predicted octanol–water partition coefficient (Wildman–Crippen LogP) is 5.23. The van der Waals surface area contributed by atoms with Crippen LogP contribution in [-0.4, -0.2) is 34.6 Å². The number of nitrogens with one attached hydrogen (secondary N) is 1. The van der Waals surface area contributed by atoms with E-state index in [1.165, 1.54) is 34.7 Å². The second-order valence-electron chi connectivity index (χ2n) is 8.61. The van der Waals surface area contributed by atoms with Crippen molar-refractivity contribution in [3.8, 4) is 0 Å². The number of hydrogen-bond acceptors (Lipinski definition) is 3. The van der Waals surface area contributed by atoms with Crippen molar-refractivity contribution in [2.24, 2.45) is 0 Å². The fourth-order valence-corrected chi connectivity index (χ4v) is 4.96. The summed E-state index contributed by atoms with van der Waals surface area (Å²) in [6.07, 6.45) is 5.40. The number of halogens is 1. The van der Waals surface area contributed by atoms with Crippen molar-refractivity contribution >= 4 is 23.6 Å². The fourth-order valence-electron chi connectivity index (χ4n) is 4.10. The predicted molar refractivity (Wildman–Crippen MR) is 129 cm³/mol. The Bertz CT molecular complexity index is 914. The molecule has 1 N–H and O–H groups in total. The Morgan fingerprint density at radius 2 is 1.88 bits per heavy atom. The van der Waals surface area contributed by atoms with Crippen LogP contribution in [0.15, 0.2) is 48.5 Å². The van der Waals surface area contributed by atoms with Crippen molar-refractivity contribution < 1.29 is 14.0 Å². The minimum absolute atomic E-state index is 0.0791. The zero-order chi connectivity index (χ0) is 22.9. The molecular weight excluding hydrogens is 423 g/mol. The maximum absolute atomic E-state index is 14.3. The summed E-state index contributed by atoms with van der Waals surface area (Å²) in [5, 5.41) is 3.11. The minimum Gasteiger partial charge on any atom is -0.352 e. The lowest BCUT2D eigenvalue weighted by Gasteiger charge is -2.31. The van der Waals surface area contributed by atoms with Crippen LogP contribution in [0, 0.1) is 12.7 Å². The highest BCUT2D eigenvalue weighted by Gasteiger charge is 2.28. The fraction of sp³-hybridized carbons (Fsp3) is 0.462. The van der Waals surface area contributed by atoms with Gasteiger partial charge in [-0.3, -0.25) is 9.59 Å². The number of carbonyl (C=O) groups is 2. The quantitative estimate of drug-likeness (QED) is 0.562. The molecular formula is C26H33FN2O2S. The van der Waals surface area contributed by atoms with Crippen LogP contribution < -0.4 is 5.32 Å². The average Bonchev–Trinajstić information content (AvgIpc) is 2.78. The van der Waals surface area contributed by atoms with Crippen LogP contribution in [0.5, 0.6) is 0 Å². The van der Waals surface area contributed by atoms with Gasteiger partial charge in [0.05, 0.1) is 5.75 Å². The number of rotatable bonds is 9. The van der Waals surface area contributed by atoms with Crippen molar-refractivity contribution in [1.29, 1.82) is 0 Å². The molecule has 0 unspecified atom stereocenters. The van der Waals surface area contributed by atoms with Crippen LogP contribution in [-0.2, 0) is 21.9 Å². The lowest BCUT2D eigenvalue weighted by molar-refractivity contribution is -0.139. The molecule has 172 valence electrons. The van der Waals surface area contributed by atoms with Gasteiger partial charge in [-0.05, 0) is 38.3 Å². The summed E-state index contributed by atoms with van der Waals surface area (Å²) >= 11 is 1.51. The first-order valence-electron chi connectivity index (χ1n) is 11.4. The van der Waals surface area contributed by atoms with E-state index in [1.54, 1.807) is 25.1 Å². The van der Waals surface area contributed by atoms with E-state index >= 15 is 0 Å². The number of aryl methyl sites for hydroxylation is 1. The molecule has 1 atom stereocenters. The summed E-state index contributed by atoms with van der Waals surface area (Å²) in [5.74, 6) is 0.271. The number of amides is 2. The molecule has 2 aromatic carbocycles. The van der Waals surface area contributed by atoms with Crippen molar-refractivity contribution in [3.63, 3.8) is 0 Å². The number of nitrogens with zero attached hydrogens (tertiary/aromatic N) is 1. The molecule has 2 amide bonds. The van der Waals surface area contributed by atoms with Gasteiger partial charge in [0, 0.05) is 23.9 Å². The third-order valence-corrected chi connectivity index (χ3v) is 6.98. The van der Waals surface area contributed by atoms with Crippen molar-refractivity contribution in [2.45, 2.75) is 70.3 Å². The Labute approximate surface area is 195 Å². The first-order chi connectivity index (χ1) is 15.4. The standard InChI is InChI=1S/C26H33FN2O2S/c1-19-9-8-10-21(15-19)17-32-18-25(30)29(16-22-11-6-7-14-24(22)27)20(2)26(31)28-23-12-4-3-5-13-23/h6-11,14-15,20,23H,3-5,12-13,16-18H2,1-2H3,(H,28,31)/t20-/m0/s1. The summed E-state index contributed by atoms with van der Waals surface area (Å²) in [4.78, 5) is 27.6. The van der Waals surface area contributed by atoms with Crippen molar-refractivity contribution in [2.75, 3.05) is 5.75 Å². The first-order valence-corrected chi connectivity index (χ1v) is 12.6. The topological polar surface area (TPSA) is 49.4 Å². The summed E-state index contributed by atoms with van der Waals surface area (Å²) in [7, 11) is 0. The molecule has 0 radical (unpaired) electrons. The SMILES string of the molecule is Cc1cccc(CSCC(=O)N(Cc2ccccc2F)[C@@H](C)C(=O)NC2CCCCC2)c1. The molecule has 0 aliphatic heterocycles. The maximum atomic E-state index is 14.3. The molecule has 6 heteroatoms. The van der Waals surface area contributed by atoms with Gasteiger partial charge < -0.3 is 10.2 Å². The summed E-state index contributed by atoms with van der Waals surface area (Å²) in [5.41, 5.74) is 2.76. The molecule has 2 aromatic rings. The van der Waals surface area contributed by atoms with Crippen LogP contribution in [0.25, 0.3) is 0 Å². The van der Waals surface area contributed by atoms with E-state index in [1.807, 2.05) is 25.1 Å². The van der Waals surface area contributed by atoms with E-state index in [4.69, 9.17) is 0 Å². The molecule has 0 saturated heterocycles. The summed E-state index contributed by atoms with van der Waals surface area (Å²) < 4.78 is 14.3. The van der Waals surface area contributed by atoms with E-state index in [9.17, 15) is 14.0 Å². The van der Waals surface area contributed by atoms with Gasteiger partial charge in [-0.2, -0.15) is 0 Å². The molecule has 1 saturated carbocycles. The second-order valence-corrected chi connectivity index (χ2v) is 9.60. The second kappa shape index (κ2) is 12.0. The zero-order valence-corrected chi connectivity index (χ0v) is 19.8. The third kappa shape index (κ3) is 7.09. The van der Waals surface area contributed by atoms with Gasteiger partial charge in [-0.15, -0.1) is 11.8 Å². The van der Waals surface area contributed by atoms with Gasteiger partial charge in [0.1, 0.15) is 11.9 Å². The highest BCUT2D eigenvalue weighted by Crippen LogP contribution is 2.20. The molecule has 3 rings (SSSR count). The molecule has 0 spiro atoms. The first kappa shape index (κ1) is 24.3. The number of thioether (sulfide) groups is 1. The van der Waals surface area contributed by atoms with Gasteiger partial charge in [-0.1, -0.05) is 67.3 Å². The monoisotopic (exact) mass is 456 g/mol. The largest absolute Gasteiger partial charge is 0.352 e. The van der Waals surface area contributed by atoms with Gasteiger partial charge in [0.2, 0.25) is 11.8 Å². The molecule has 0 heterocycles. The van der Waals surface area contributed by atoms with Crippen molar-refractivity contribution in [1.82, 2.24) is 10.2 Å². The molecule has 0 bridgehead atoms. The van der Waals surface area contributed by atoms with E-state index in [0.717, 1.165) is 31.2 Å². The van der Waals surface area contributed by atoms with E-state index in [-0.39, 0.29) is 36.0 Å². The summed E-state index contributed by atoms with van der Waals surface area (Å²) in [6, 6.07) is 14.1. The summed E-state index contributed by atoms with van der Waals surface area (Å²) in [6.45, 7) is 3.86. The number of carbonyl (C=O) groups excluding carboxylic acids is 2. The number of hydrogen-bond donors (Lipinski definition) is 1. The smallest absolute Gasteiger partial charge is 0.242 e. The van der Waals surface area contributed by atoms with E-state index in [2.05, 4.69) is 11.4 Å². The van der Waals surface area contributed by atoms with Crippen LogP contribution in [0.4, 0.5) is 4.39 Å². The molecule has 1 aliphatic carbocycles. The number of benzene rings is 2. The van der Waals surface area contributed by atoms with E-state index in [0.29, 0.717) is 11.3 Å². The highest BCUT2D eigenvalue weighted by molar-refractivity contribution is 7.99. The molecule has 32 heavy (non-hydrogen) atoms. The maximum Gasteiger partial charge on any atom is 0.242 e. The Morgan fingerprint density at radius 3 is 2.59 bits per heavy atom. The molecule has 1 fully saturated rings. The van der Waals surface area contributed by atoms with E-state index < -0.39 is 6.04 Å². The Kier molecular flexibility index (Phi) is 9.15. The van der Waals surface area contributed by atoms with Crippen LogP contribution in [0.1, 0.15) is 55.7 Å². The molecule has 4 nitrogen and oxygen atoms in total. The lowest BCUT2D eigenvalue weighted by atomic mass is 9.95. The van der Waals surface area contributed by atoms with Crippen LogP contribution in [0.2, 0.25) is 0 Å². The molecule has 0 aromatic heterocycles. The van der Waals surface area contributed by atoms with Gasteiger partial charge in [-0.25, -0.2) is 4.39 Å². The highest BCUT2D eigenvalue weighted by atomic mass is 32.2. The van der Waals surface area contributed by atoms with Crippen LogP contribution in [0.3, 0.4) is 0 Å². The molecule has 1 aliphatic rings.